The van der Waals surface area contributed by atoms with Gasteiger partial charge in [0.15, 0.2) is 9.84 Å². The fraction of sp³-hybridized carbons (Fsp3) is 0.462. The van der Waals surface area contributed by atoms with Crippen LogP contribution in [0.15, 0.2) is 29.2 Å². The zero-order chi connectivity index (χ0) is 13.2. The van der Waals surface area contributed by atoms with E-state index >= 15 is 0 Å². The second-order valence-corrected chi connectivity index (χ2v) is 6.88. The normalized spacial score (nSPS) is 15.6. The second-order valence-electron chi connectivity index (χ2n) is 4.77. The van der Waals surface area contributed by atoms with Crippen molar-refractivity contribution in [2.24, 2.45) is 5.92 Å². The van der Waals surface area contributed by atoms with Crippen molar-refractivity contribution >= 4 is 15.8 Å². The lowest BCUT2D eigenvalue weighted by Crippen LogP contribution is -2.08. The van der Waals surface area contributed by atoms with Gasteiger partial charge in [0.1, 0.15) is 0 Å². The number of carbonyl (C=O) groups is 1. The summed E-state index contributed by atoms with van der Waals surface area (Å²) in [5.74, 6) is -0.224. The molecule has 1 N–H and O–H groups in total. The Hall–Kier alpha value is -1.36. The maximum absolute atomic E-state index is 12.1. The minimum absolute atomic E-state index is 0.147. The first-order valence-electron chi connectivity index (χ1n) is 6.01. The van der Waals surface area contributed by atoms with Crippen LogP contribution < -0.4 is 0 Å². The molecule has 4 nitrogen and oxygen atoms in total. The molecule has 5 heteroatoms. The van der Waals surface area contributed by atoms with Crippen molar-refractivity contribution in [3.8, 4) is 0 Å². The van der Waals surface area contributed by atoms with E-state index in [1.807, 2.05) is 0 Å². The Balaban J connectivity index is 2.12. The zero-order valence-corrected chi connectivity index (χ0v) is 10.8. The van der Waals surface area contributed by atoms with Crippen LogP contribution in [0.4, 0.5) is 0 Å². The molecule has 0 radical (unpaired) electrons. The number of carboxylic acid groups (broad SMARTS) is 1. The zero-order valence-electron chi connectivity index (χ0n) is 10.0. The molecule has 0 bridgehead atoms. The number of aliphatic carboxylic acids is 1. The van der Waals surface area contributed by atoms with Crippen LogP contribution in [0.25, 0.3) is 0 Å². The van der Waals surface area contributed by atoms with Gasteiger partial charge in [-0.1, -0.05) is 25.0 Å². The Kier molecular flexibility index (Phi) is 3.71. The van der Waals surface area contributed by atoms with Gasteiger partial charge < -0.3 is 5.11 Å². The lowest BCUT2D eigenvalue weighted by molar-refractivity contribution is -0.136. The predicted molar refractivity (Wildman–Crippen MR) is 67.2 cm³/mol. The lowest BCUT2D eigenvalue weighted by atomic mass is 10.2. The number of hydrogen-bond donors (Lipinski definition) is 1. The molecule has 98 valence electrons. The molecule has 1 aromatic rings. The monoisotopic (exact) mass is 268 g/mol. The fourth-order valence-corrected chi connectivity index (χ4v) is 3.37. The first kappa shape index (κ1) is 13.1. The number of sulfone groups is 1. The van der Waals surface area contributed by atoms with Gasteiger partial charge in [0.05, 0.1) is 17.1 Å². The molecule has 0 aromatic heterocycles. The summed E-state index contributed by atoms with van der Waals surface area (Å²) < 4.78 is 24.1. The summed E-state index contributed by atoms with van der Waals surface area (Å²) >= 11 is 0. The molecule has 1 aromatic carbocycles. The minimum Gasteiger partial charge on any atom is -0.481 e. The molecular weight excluding hydrogens is 252 g/mol. The van der Waals surface area contributed by atoms with E-state index in [-0.39, 0.29) is 17.1 Å². The van der Waals surface area contributed by atoms with Gasteiger partial charge in [-0.3, -0.25) is 4.79 Å². The molecule has 0 spiro atoms. The Morgan fingerprint density at radius 1 is 1.33 bits per heavy atom. The topological polar surface area (TPSA) is 71.4 Å². The van der Waals surface area contributed by atoms with Gasteiger partial charge in [-0.2, -0.15) is 0 Å². The van der Waals surface area contributed by atoms with E-state index in [0.29, 0.717) is 17.9 Å². The van der Waals surface area contributed by atoms with Crippen molar-refractivity contribution in [2.45, 2.75) is 30.6 Å². The average Bonchev–Trinajstić information content (AvgIpc) is 3.10. The van der Waals surface area contributed by atoms with E-state index < -0.39 is 15.8 Å². The maximum Gasteiger partial charge on any atom is 0.307 e. The third kappa shape index (κ3) is 3.57. The highest BCUT2D eigenvalue weighted by Crippen LogP contribution is 2.33. The van der Waals surface area contributed by atoms with Crippen LogP contribution in [0.2, 0.25) is 0 Å². The second kappa shape index (κ2) is 5.10. The number of rotatable bonds is 6. The van der Waals surface area contributed by atoms with Crippen LogP contribution in [-0.2, 0) is 21.1 Å². The SMILES string of the molecule is O=C(O)Cc1cccc(S(=O)(=O)CCC2CC2)c1. The van der Waals surface area contributed by atoms with E-state index in [1.54, 1.807) is 12.1 Å². The molecule has 0 aliphatic heterocycles. The number of benzene rings is 1. The van der Waals surface area contributed by atoms with Crippen LogP contribution in [0, 0.1) is 5.92 Å². The molecule has 18 heavy (non-hydrogen) atoms. The first-order chi connectivity index (χ1) is 8.47. The first-order valence-corrected chi connectivity index (χ1v) is 7.66. The van der Waals surface area contributed by atoms with Gasteiger partial charge >= 0.3 is 5.97 Å². The third-order valence-corrected chi connectivity index (χ3v) is 4.85. The van der Waals surface area contributed by atoms with Crippen molar-refractivity contribution in [2.75, 3.05) is 5.75 Å². The standard InChI is InChI=1S/C13H16O4S/c14-13(15)9-11-2-1-3-12(8-11)18(16,17)7-6-10-4-5-10/h1-3,8,10H,4-7,9H2,(H,14,15). The van der Waals surface area contributed by atoms with Gasteiger partial charge in [-0.15, -0.1) is 0 Å². The molecule has 1 saturated carbocycles. The largest absolute Gasteiger partial charge is 0.481 e. The van der Waals surface area contributed by atoms with Gasteiger partial charge in [-0.25, -0.2) is 8.42 Å². The summed E-state index contributed by atoms with van der Waals surface area (Å²) in [6.45, 7) is 0. The predicted octanol–water partition coefficient (Wildman–Crippen LogP) is 1.89. The van der Waals surface area contributed by atoms with Gasteiger partial charge in [0.25, 0.3) is 0 Å². The van der Waals surface area contributed by atoms with Crippen LogP contribution in [0.1, 0.15) is 24.8 Å². The molecular formula is C13H16O4S. The molecule has 0 heterocycles. The number of carboxylic acids is 1. The fourth-order valence-electron chi connectivity index (χ4n) is 1.87. The van der Waals surface area contributed by atoms with Gasteiger partial charge in [-0.05, 0) is 30.0 Å². The Morgan fingerprint density at radius 2 is 2.06 bits per heavy atom. The highest BCUT2D eigenvalue weighted by molar-refractivity contribution is 7.91. The Bertz CT molecular complexity index is 544. The molecule has 1 fully saturated rings. The summed E-state index contributed by atoms with van der Waals surface area (Å²) in [7, 11) is -3.27. The van der Waals surface area contributed by atoms with E-state index in [9.17, 15) is 13.2 Å². The third-order valence-electron chi connectivity index (χ3n) is 3.10. The summed E-state index contributed by atoms with van der Waals surface area (Å²) in [6.07, 6.45) is 2.83. The average molecular weight is 268 g/mol. The number of hydrogen-bond acceptors (Lipinski definition) is 3. The Labute approximate surface area is 107 Å². The van der Waals surface area contributed by atoms with Crippen LogP contribution in [0.5, 0.6) is 0 Å². The molecule has 1 aliphatic carbocycles. The van der Waals surface area contributed by atoms with Crippen LogP contribution in [0.3, 0.4) is 0 Å². The molecule has 0 atom stereocenters. The van der Waals surface area contributed by atoms with Crippen molar-refractivity contribution in [1.29, 1.82) is 0 Å². The highest BCUT2D eigenvalue weighted by atomic mass is 32.2. The van der Waals surface area contributed by atoms with Gasteiger partial charge in [0, 0.05) is 0 Å². The van der Waals surface area contributed by atoms with E-state index in [4.69, 9.17) is 5.11 Å². The smallest absolute Gasteiger partial charge is 0.307 e. The summed E-state index contributed by atoms with van der Waals surface area (Å²) in [4.78, 5) is 10.8. The molecule has 0 amide bonds. The molecule has 2 rings (SSSR count). The van der Waals surface area contributed by atoms with Gasteiger partial charge in [0.2, 0.25) is 0 Å². The lowest BCUT2D eigenvalue weighted by Gasteiger charge is -2.05. The van der Waals surface area contributed by atoms with Crippen LogP contribution in [-0.4, -0.2) is 25.2 Å². The summed E-state index contributed by atoms with van der Waals surface area (Å²) in [6, 6.07) is 6.24. The quantitative estimate of drug-likeness (QED) is 0.855. The van der Waals surface area contributed by atoms with Crippen molar-refractivity contribution in [3.05, 3.63) is 29.8 Å². The highest BCUT2D eigenvalue weighted by Gasteiger charge is 2.24. The Morgan fingerprint density at radius 3 is 2.67 bits per heavy atom. The van der Waals surface area contributed by atoms with E-state index in [2.05, 4.69) is 0 Å². The molecule has 1 aliphatic rings. The molecule has 0 unspecified atom stereocenters. The van der Waals surface area contributed by atoms with Crippen LogP contribution >= 0.6 is 0 Å². The van der Waals surface area contributed by atoms with Crippen molar-refractivity contribution < 1.29 is 18.3 Å². The van der Waals surface area contributed by atoms with Crippen molar-refractivity contribution in [1.82, 2.24) is 0 Å². The van der Waals surface area contributed by atoms with Crippen molar-refractivity contribution in [3.63, 3.8) is 0 Å². The van der Waals surface area contributed by atoms with E-state index in [1.165, 1.54) is 12.1 Å². The summed E-state index contributed by atoms with van der Waals surface area (Å²) in [5.41, 5.74) is 0.523. The maximum atomic E-state index is 12.1. The minimum atomic E-state index is -3.27. The summed E-state index contributed by atoms with van der Waals surface area (Å²) in [5, 5.41) is 8.70. The van der Waals surface area contributed by atoms with E-state index in [0.717, 1.165) is 12.8 Å². The molecule has 0 saturated heterocycles.